The summed E-state index contributed by atoms with van der Waals surface area (Å²) < 4.78 is 52.7. The van der Waals surface area contributed by atoms with Crippen LogP contribution in [-0.2, 0) is 19.1 Å². The first kappa shape index (κ1) is 22.7. The van der Waals surface area contributed by atoms with Crippen molar-refractivity contribution in [2.45, 2.75) is 51.7 Å². The number of fused-ring (bicyclic) bond motifs is 2. The van der Waals surface area contributed by atoms with E-state index in [-0.39, 0.29) is 16.9 Å². The van der Waals surface area contributed by atoms with Gasteiger partial charge in [0.25, 0.3) is 0 Å². The monoisotopic (exact) mass is 455 g/mol. The highest BCUT2D eigenvalue weighted by Gasteiger charge is 2.37. The third-order valence-electron chi connectivity index (χ3n) is 5.76. The van der Waals surface area contributed by atoms with Crippen LogP contribution in [-0.4, -0.2) is 16.3 Å². The average Bonchev–Trinajstić information content (AvgIpc) is 3.41. The molecule has 0 amide bonds. The van der Waals surface area contributed by atoms with Crippen LogP contribution >= 0.6 is 0 Å². The first-order chi connectivity index (χ1) is 15.8. The van der Waals surface area contributed by atoms with Gasteiger partial charge in [-0.1, -0.05) is 24.6 Å². The molecule has 1 atom stereocenters. The minimum Gasteiger partial charge on any atom is -0.493 e. The van der Waals surface area contributed by atoms with Crippen LogP contribution in [0.4, 0.5) is 13.2 Å². The Hall–Kier alpha value is -3.47. The van der Waals surface area contributed by atoms with Crippen molar-refractivity contribution in [1.29, 1.82) is 5.26 Å². The number of aromatic nitrogens is 2. The first-order valence-corrected chi connectivity index (χ1v) is 10.9. The van der Waals surface area contributed by atoms with Gasteiger partial charge in [0, 0.05) is 23.8 Å². The SMILES string of the molecule is CCCc1c(OCCCn2ccc3cc(C(C)C#N)ccc32)ccc2c(C(F)(F)F)noc12. The summed E-state index contributed by atoms with van der Waals surface area (Å²) in [6.07, 6.45) is -0.574. The maximum Gasteiger partial charge on any atom is 0.437 e. The Labute approximate surface area is 189 Å². The molecule has 0 saturated heterocycles. The normalized spacial score (nSPS) is 12.8. The lowest BCUT2D eigenvalue weighted by Crippen LogP contribution is -2.06. The fraction of sp³-hybridized carbons (Fsp3) is 0.360. The van der Waals surface area contributed by atoms with E-state index < -0.39 is 11.9 Å². The number of hydrogen-bond acceptors (Lipinski definition) is 4. The van der Waals surface area contributed by atoms with Gasteiger partial charge in [-0.3, -0.25) is 0 Å². The minimum atomic E-state index is -4.57. The molecule has 5 nitrogen and oxygen atoms in total. The second kappa shape index (κ2) is 9.18. The minimum absolute atomic E-state index is 0.0396. The molecule has 0 aliphatic carbocycles. The number of ether oxygens (including phenoxy) is 1. The van der Waals surface area contributed by atoms with E-state index in [2.05, 4.69) is 15.8 Å². The largest absolute Gasteiger partial charge is 0.493 e. The average molecular weight is 455 g/mol. The summed E-state index contributed by atoms with van der Waals surface area (Å²) in [4.78, 5) is 0. The van der Waals surface area contributed by atoms with Gasteiger partial charge in [0.2, 0.25) is 0 Å². The number of halogens is 3. The molecule has 2 heterocycles. The predicted molar refractivity (Wildman–Crippen MR) is 119 cm³/mol. The Morgan fingerprint density at radius 2 is 2.03 bits per heavy atom. The molecule has 4 rings (SSSR count). The number of nitrogens with zero attached hydrogens (tertiary/aromatic N) is 3. The molecule has 0 saturated carbocycles. The Kier molecular flexibility index (Phi) is 6.32. The molecular weight excluding hydrogens is 431 g/mol. The fourth-order valence-electron chi connectivity index (χ4n) is 4.04. The summed E-state index contributed by atoms with van der Waals surface area (Å²) in [5.41, 5.74) is 1.82. The second-order valence-corrected chi connectivity index (χ2v) is 8.08. The van der Waals surface area contributed by atoms with Gasteiger partial charge >= 0.3 is 6.18 Å². The van der Waals surface area contributed by atoms with Gasteiger partial charge in [0.05, 0.1) is 24.0 Å². The molecule has 33 heavy (non-hydrogen) atoms. The van der Waals surface area contributed by atoms with Crippen LogP contribution in [0.25, 0.3) is 21.9 Å². The van der Waals surface area contributed by atoms with E-state index in [9.17, 15) is 13.2 Å². The van der Waals surface area contributed by atoms with Crippen molar-refractivity contribution in [1.82, 2.24) is 9.72 Å². The lowest BCUT2D eigenvalue weighted by Gasteiger charge is -2.12. The van der Waals surface area contributed by atoms with Crippen LogP contribution in [0.5, 0.6) is 5.75 Å². The Bertz CT molecular complexity index is 1310. The summed E-state index contributed by atoms with van der Waals surface area (Å²) in [6, 6.07) is 13.3. The smallest absolute Gasteiger partial charge is 0.437 e. The zero-order chi connectivity index (χ0) is 23.6. The highest BCUT2D eigenvalue weighted by Crippen LogP contribution is 2.38. The molecule has 4 aromatic rings. The standard InChI is InChI=1S/C25H24F3N3O2/c1-3-5-19-22(9-7-20-23(19)33-30-24(20)25(26,27)28)32-13-4-11-31-12-10-18-14-17(16(2)15-29)6-8-21(18)31/h6-10,12,14,16H,3-5,11,13H2,1-2H3. The highest BCUT2D eigenvalue weighted by molar-refractivity contribution is 5.85. The van der Waals surface area contributed by atoms with Gasteiger partial charge < -0.3 is 13.8 Å². The van der Waals surface area contributed by atoms with Crippen LogP contribution in [0.15, 0.2) is 47.1 Å². The summed E-state index contributed by atoms with van der Waals surface area (Å²) in [6.45, 7) is 4.96. The van der Waals surface area contributed by atoms with E-state index in [1.165, 1.54) is 6.07 Å². The maximum atomic E-state index is 13.2. The van der Waals surface area contributed by atoms with Crippen LogP contribution in [0.1, 0.15) is 49.4 Å². The van der Waals surface area contributed by atoms with Crippen molar-refractivity contribution in [3.63, 3.8) is 0 Å². The number of benzene rings is 2. The predicted octanol–water partition coefficient (Wildman–Crippen LogP) is 6.85. The number of alkyl halides is 3. The molecule has 0 N–H and O–H groups in total. The van der Waals surface area contributed by atoms with Crippen molar-refractivity contribution < 1.29 is 22.4 Å². The molecule has 0 aliphatic heterocycles. The zero-order valence-corrected chi connectivity index (χ0v) is 18.4. The highest BCUT2D eigenvalue weighted by atomic mass is 19.4. The second-order valence-electron chi connectivity index (χ2n) is 8.08. The van der Waals surface area contributed by atoms with Crippen LogP contribution in [0, 0.1) is 11.3 Å². The molecular formula is C25H24F3N3O2. The molecule has 172 valence electrons. The van der Waals surface area contributed by atoms with Crippen LogP contribution < -0.4 is 4.74 Å². The van der Waals surface area contributed by atoms with E-state index >= 15 is 0 Å². The van der Waals surface area contributed by atoms with Crippen molar-refractivity contribution in [2.24, 2.45) is 0 Å². The molecule has 0 fully saturated rings. The van der Waals surface area contributed by atoms with Crippen LogP contribution in [0.3, 0.4) is 0 Å². The Morgan fingerprint density at radius 3 is 2.76 bits per heavy atom. The van der Waals surface area contributed by atoms with Gasteiger partial charge in [-0.05, 0) is 61.0 Å². The molecule has 0 bridgehead atoms. The molecule has 0 aliphatic rings. The molecule has 1 unspecified atom stereocenters. The maximum absolute atomic E-state index is 13.2. The Balaban J connectivity index is 1.46. The van der Waals surface area contributed by atoms with E-state index in [1.807, 2.05) is 44.3 Å². The fourth-order valence-corrected chi connectivity index (χ4v) is 4.04. The third kappa shape index (κ3) is 4.54. The topological polar surface area (TPSA) is 64.0 Å². The van der Waals surface area contributed by atoms with Gasteiger partial charge in [-0.25, -0.2) is 0 Å². The van der Waals surface area contributed by atoms with Gasteiger partial charge in [-0.2, -0.15) is 18.4 Å². The van der Waals surface area contributed by atoms with Crippen molar-refractivity contribution in [3.8, 4) is 11.8 Å². The summed E-state index contributed by atoms with van der Waals surface area (Å²) in [5, 5.41) is 13.4. The molecule has 2 aromatic heterocycles. The van der Waals surface area contributed by atoms with E-state index in [0.717, 1.165) is 29.4 Å². The van der Waals surface area contributed by atoms with Gasteiger partial charge in [0.1, 0.15) is 5.75 Å². The van der Waals surface area contributed by atoms with E-state index in [1.54, 1.807) is 6.07 Å². The van der Waals surface area contributed by atoms with Gasteiger partial charge in [0.15, 0.2) is 11.3 Å². The van der Waals surface area contributed by atoms with Gasteiger partial charge in [-0.15, -0.1) is 0 Å². The summed E-state index contributed by atoms with van der Waals surface area (Å²) >= 11 is 0. The Morgan fingerprint density at radius 1 is 1.21 bits per heavy atom. The number of aryl methyl sites for hydroxylation is 2. The first-order valence-electron chi connectivity index (χ1n) is 10.9. The van der Waals surface area contributed by atoms with Crippen molar-refractivity contribution in [2.75, 3.05) is 6.61 Å². The summed E-state index contributed by atoms with van der Waals surface area (Å²) in [5.74, 6) is 0.374. The summed E-state index contributed by atoms with van der Waals surface area (Å²) in [7, 11) is 0. The lowest BCUT2D eigenvalue weighted by molar-refractivity contribution is -0.141. The number of rotatable bonds is 8. The van der Waals surface area contributed by atoms with Crippen molar-refractivity contribution >= 4 is 21.9 Å². The lowest BCUT2D eigenvalue weighted by atomic mass is 10.0. The van der Waals surface area contributed by atoms with Crippen molar-refractivity contribution in [3.05, 3.63) is 59.4 Å². The number of nitriles is 1. The molecule has 0 spiro atoms. The van der Waals surface area contributed by atoms with E-state index in [0.29, 0.717) is 30.8 Å². The number of hydrogen-bond donors (Lipinski definition) is 0. The quantitative estimate of drug-likeness (QED) is 0.273. The molecule has 2 aromatic carbocycles. The molecule has 0 radical (unpaired) electrons. The van der Waals surface area contributed by atoms with E-state index in [4.69, 9.17) is 14.5 Å². The third-order valence-corrected chi connectivity index (χ3v) is 5.76. The van der Waals surface area contributed by atoms with Crippen LogP contribution in [0.2, 0.25) is 0 Å². The zero-order valence-electron chi connectivity index (χ0n) is 18.4. The molecule has 8 heteroatoms.